The summed E-state index contributed by atoms with van der Waals surface area (Å²) in [6.07, 6.45) is 7.26. The van der Waals surface area contributed by atoms with E-state index in [1.165, 1.54) is 0 Å². The van der Waals surface area contributed by atoms with Gasteiger partial charge in [-0.2, -0.15) is 5.10 Å². The molecule has 8 heteroatoms. The van der Waals surface area contributed by atoms with Gasteiger partial charge in [-0.1, -0.05) is 0 Å². The molecule has 1 amide bonds. The molecule has 2 N–H and O–H groups in total. The Kier molecular flexibility index (Phi) is 7.00. The Labute approximate surface area is 147 Å². The molecule has 2 aromatic heterocycles. The monoisotopic (exact) mass is 357 g/mol. The van der Waals surface area contributed by atoms with E-state index in [1.807, 2.05) is 32.4 Å². The van der Waals surface area contributed by atoms with E-state index < -0.39 is 0 Å². The van der Waals surface area contributed by atoms with Gasteiger partial charge in [0.2, 0.25) is 5.91 Å². The summed E-state index contributed by atoms with van der Waals surface area (Å²) in [5.41, 5.74) is 2.88. The van der Waals surface area contributed by atoms with Crippen LogP contribution in [0.2, 0.25) is 0 Å². The summed E-state index contributed by atoms with van der Waals surface area (Å²) >= 11 is 0. The number of aryl methyl sites for hydroxylation is 2. The number of hydrogen-bond donors (Lipinski definition) is 2. The number of nitrogens with zero attached hydrogens (tertiary/aromatic N) is 3. The first-order valence-electron chi connectivity index (χ1n) is 7.05. The standard InChI is InChI=1S/C15H19N5O.2ClH/c1-10-3-12(6-16-4-10)19-15(21)14-8-17-7-13(14)11-5-18-20(2)9-11;;/h3-6,9,13-14,17H,7-8H2,1-2H3,(H,19,21);2*1H/t13-,14+;;/m1../s1. The predicted octanol–water partition coefficient (Wildman–Crippen LogP) is 1.91. The maximum Gasteiger partial charge on any atom is 0.229 e. The van der Waals surface area contributed by atoms with E-state index in [4.69, 9.17) is 0 Å². The van der Waals surface area contributed by atoms with E-state index in [-0.39, 0.29) is 42.6 Å². The van der Waals surface area contributed by atoms with E-state index in [2.05, 4.69) is 20.7 Å². The summed E-state index contributed by atoms with van der Waals surface area (Å²) in [7, 11) is 1.89. The van der Waals surface area contributed by atoms with Crippen molar-refractivity contribution < 1.29 is 4.79 Å². The summed E-state index contributed by atoms with van der Waals surface area (Å²) in [6, 6.07) is 1.92. The maximum absolute atomic E-state index is 12.5. The zero-order chi connectivity index (χ0) is 14.8. The second kappa shape index (κ2) is 8.29. The van der Waals surface area contributed by atoms with Gasteiger partial charge in [-0.3, -0.25) is 14.5 Å². The topological polar surface area (TPSA) is 71.8 Å². The molecule has 0 aliphatic carbocycles. The van der Waals surface area contributed by atoms with Gasteiger partial charge in [-0.15, -0.1) is 24.8 Å². The molecule has 2 aromatic rings. The first kappa shape index (κ1) is 19.4. The molecular formula is C15H21Cl2N5O. The smallest absolute Gasteiger partial charge is 0.229 e. The molecule has 1 aliphatic heterocycles. The lowest BCUT2D eigenvalue weighted by atomic mass is 9.90. The average molecular weight is 358 g/mol. The van der Waals surface area contributed by atoms with Crippen LogP contribution < -0.4 is 10.6 Å². The Balaban J connectivity index is 0.00000132. The normalized spacial score (nSPS) is 19.6. The zero-order valence-electron chi connectivity index (χ0n) is 13.0. The quantitative estimate of drug-likeness (QED) is 0.879. The van der Waals surface area contributed by atoms with E-state index in [0.717, 1.165) is 23.4 Å². The minimum atomic E-state index is -0.0882. The van der Waals surface area contributed by atoms with Gasteiger partial charge in [0, 0.05) is 38.4 Å². The number of carbonyl (C=O) groups is 1. The highest BCUT2D eigenvalue weighted by Crippen LogP contribution is 2.28. The molecule has 2 atom stereocenters. The molecule has 0 saturated carbocycles. The molecular weight excluding hydrogens is 337 g/mol. The summed E-state index contributed by atoms with van der Waals surface area (Å²) in [5.74, 6) is 0.104. The summed E-state index contributed by atoms with van der Waals surface area (Å²) < 4.78 is 1.77. The fourth-order valence-corrected chi connectivity index (χ4v) is 2.79. The van der Waals surface area contributed by atoms with Gasteiger partial charge >= 0.3 is 0 Å². The molecule has 0 aromatic carbocycles. The van der Waals surface area contributed by atoms with Gasteiger partial charge in [-0.05, 0) is 24.1 Å². The van der Waals surface area contributed by atoms with Gasteiger partial charge in [0.1, 0.15) is 0 Å². The molecule has 0 radical (unpaired) electrons. The SMILES string of the molecule is Cc1cncc(NC(=O)[C@H]2CNC[C@@H]2c2cnn(C)c2)c1.Cl.Cl. The summed E-state index contributed by atoms with van der Waals surface area (Å²) in [4.78, 5) is 16.6. The van der Waals surface area contributed by atoms with E-state index in [0.29, 0.717) is 6.54 Å². The first-order valence-corrected chi connectivity index (χ1v) is 7.05. The molecule has 1 fully saturated rings. The fourth-order valence-electron chi connectivity index (χ4n) is 2.79. The van der Waals surface area contributed by atoms with Crippen LogP contribution in [0.5, 0.6) is 0 Å². The van der Waals surface area contributed by atoms with Crippen molar-refractivity contribution >= 4 is 36.4 Å². The lowest BCUT2D eigenvalue weighted by Crippen LogP contribution is -2.28. The van der Waals surface area contributed by atoms with Crippen LogP contribution in [0.15, 0.2) is 30.9 Å². The lowest BCUT2D eigenvalue weighted by Gasteiger charge is -2.17. The van der Waals surface area contributed by atoms with Crippen molar-refractivity contribution in [2.75, 3.05) is 18.4 Å². The fraction of sp³-hybridized carbons (Fsp3) is 0.400. The van der Waals surface area contributed by atoms with Crippen molar-refractivity contribution in [3.8, 4) is 0 Å². The van der Waals surface area contributed by atoms with E-state index in [1.54, 1.807) is 17.1 Å². The van der Waals surface area contributed by atoms with Crippen LogP contribution in [0.3, 0.4) is 0 Å². The zero-order valence-corrected chi connectivity index (χ0v) is 14.7. The number of aromatic nitrogens is 3. The summed E-state index contributed by atoms with van der Waals surface area (Å²) in [6.45, 7) is 3.44. The van der Waals surface area contributed by atoms with Crippen LogP contribution in [0, 0.1) is 12.8 Å². The third kappa shape index (κ3) is 4.43. The van der Waals surface area contributed by atoms with E-state index in [9.17, 15) is 4.79 Å². The minimum absolute atomic E-state index is 0. The second-order valence-corrected chi connectivity index (χ2v) is 5.56. The van der Waals surface area contributed by atoms with Crippen molar-refractivity contribution in [3.05, 3.63) is 42.0 Å². The molecule has 23 heavy (non-hydrogen) atoms. The van der Waals surface area contributed by atoms with Gasteiger partial charge < -0.3 is 10.6 Å². The van der Waals surface area contributed by atoms with Crippen molar-refractivity contribution in [3.63, 3.8) is 0 Å². The van der Waals surface area contributed by atoms with E-state index >= 15 is 0 Å². The minimum Gasteiger partial charge on any atom is -0.324 e. The molecule has 0 spiro atoms. The average Bonchev–Trinajstić information content (AvgIpc) is 3.06. The van der Waals surface area contributed by atoms with Crippen LogP contribution in [0.4, 0.5) is 5.69 Å². The molecule has 126 valence electrons. The molecule has 3 heterocycles. The van der Waals surface area contributed by atoms with Gasteiger partial charge in [0.05, 0.1) is 24.0 Å². The molecule has 3 rings (SSSR count). The van der Waals surface area contributed by atoms with Crippen LogP contribution in [-0.2, 0) is 11.8 Å². The molecule has 0 unspecified atom stereocenters. The van der Waals surface area contributed by atoms with Crippen molar-refractivity contribution in [1.82, 2.24) is 20.1 Å². The third-order valence-electron chi connectivity index (χ3n) is 3.85. The number of amides is 1. The van der Waals surface area contributed by atoms with Gasteiger partial charge in [0.15, 0.2) is 0 Å². The maximum atomic E-state index is 12.5. The molecule has 1 aliphatic rings. The predicted molar refractivity (Wildman–Crippen MR) is 94.4 cm³/mol. The lowest BCUT2D eigenvalue weighted by molar-refractivity contribution is -0.119. The van der Waals surface area contributed by atoms with Crippen LogP contribution in [-0.4, -0.2) is 33.8 Å². The largest absolute Gasteiger partial charge is 0.324 e. The highest BCUT2D eigenvalue weighted by molar-refractivity contribution is 5.93. The Hall–Kier alpha value is -1.63. The van der Waals surface area contributed by atoms with Crippen LogP contribution >= 0.6 is 24.8 Å². The highest BCUT2D eigenvalue weighted by Gasteiger charge is 2.34. The molecule has 0 bridgehead atoms. The first-order chi connectivity index (χ1) is 10.1. The Morgan fingerprint density at radius 3 is 2.74 bits per heavy atom. The Morgan fingerprint density at radius 1 is 1.30 bits per heavy atom. The number of rotatable bonds is 3. The second-order valence-electron chi connectivity index (χ2n) is 5.56. The van der Waals surface area contributed by atoms with Crippen molar-refractivity contribution in [2.45, 2.75) is 12.8 Å². The number of pyridine rings is 1. The Bertz CT molecular complexity index is 661. The van der Waals surface area contributed by atoms with Crippen molar-refractivity contribution in [1.29, 1.82) is 0 Å². The molecule has 1 saturated heterocycles. The number of carbonyl (C=O) groups excluding carboxylic acids is 1. The summed E-state index contributed by atoms with van der Waals surface area (Å²) in [5, 5.41) is 10.5. The Morgan fingerprint density at radius 2 is 2.09 bits per heavy atom. The van der Waals surface area contributed by atoms with Crippen molar-refractivity contribution in [2.24, 2.45) is 13.0 Å². The number of halogens is 2. The number of anilines is 1. The van der Waals surface area contributed by atoms with Crippen LogP contribution in [0.1, 0.15) is 17.0 Å². The van der Waals surface area contributed by atoms with Crippen LogP contribution in [0.25, 0.3) is 0 Å². The van der Waals surface area contributed by atoms with Gasteiger partial charge in [0.25, 0.3) is 0 Å². The van der Waals surface area contributed by atoms with Gasteiger partial charge in [-0.25, -0.2) is 0 Å². The number of hydrogen-bond acceptors (Lipinski definition) is 4. The highest BCUT2D eigenvalue weighted by atomic mass is 35.5. The third-order valence-corrected chi connectivity index (χ3v) is 3.85. The molecule has 6 nitrogen and oxygen atoms in total. The number of nitrogens with one attached hydrogen (secondary N) is 2.